The largest absolute Gasteiger partial charge is 0.369 e. The van der Waals surface area contributed by atoms with E-state index in [1.807, 2.05) is 30.3 Å². The van der Waals surface area contributed by atoms with Crippen LogP contribution in [0.4, 0.5) is 17.1 Å². The summed E-state index contributed by atoms with van der Waals surface area (Å²) >= 11 is 0. The van der Waals surface area contributed by atoms with E-state index in [2.05, 4.69) is 27.5 Å². The molecule has 1 fully saturated rings. The number of piperazine rings is 1. The number of nitrogens with zero attached hydrogens (tertiary/aromatic N) is 3. The highest BCUT2D eigenvalue weighted by atomic mass is 16.1. The smallest absolute Gasteiger partial charge is 0.267 e. The van der Waals surface area contributed by atoms with Crippen molar-refractivity contribution in [3.05, 3.63) is 65.9 Å². The molecule has 0 saturated carbocycles. The fraction of sp³-hybridized carbons (Fsp3) is 0.261. The van der Waals surface area contributed by atoms with Crippen molar-refractivity contribution < 1.29 is 9.59 Å². The van der Waals surface area contributed by atoms with Crippen molar-refractivity contribution in [3.63, 3.8) is 0 Å². The average Bonchev–Trinajstić information content (AvgIpc) is 2.75. The van der Waals surface area contributed by atoms with Crippen LogP contribution in [0.1, 0.15) is 17.3 Å². The molecule has 0 aromatic heterocycles. The highest BCUT2D eigenvalue weighted by Crippen LogP contribution is 2.19. The van der Waals surface area contributed by atoms with Gasteiger partial charge in [0, 0.05) is 55.0 Å². The summed E-state index contributed by atoms with van der Waals surface area (Å²) in [6.45, 7) is 5.53. The third-order valence-electron chi connectivity index (χ3n) is 5.01. The van der Waals surface area contributed by atoms with Gasteiger partial charge in [0.1, 0.15) is 11.6 Å². The number of anilines is 3. The number of rotatable bonds is 6. The normalized spacial score (nSPS) is 14.7. The van der Waals surface area contributed by atoms with E-state index < -0.39 is 5.91 Å². The summed E-state index contributed by atoms with van der Waals surface area (Å²) in [5, 5.41) is 15.0. The van der Waals surface area contributed by atoms with Crippen molar-refractivity contribution >= 4 is 28.8 Å². The molecule has 1 heterocycles. The van der Waals surface area contributed by atoms with Gasteiger partial charge >= 0.3 is 0 Å². The summed E-state index contributed by atoms with van der Waals surface area (Å²) in [4.78, 5) is 28.5. The maximum absolute atomic E-state index is 12.4. The summed E-state index contributed by atoms with van der Waals surface area (Å²) in [6.07, 6.45) is 1.38. The monoisotopic (exact) mass is 403 g/mol. The van der Waals surface area contributed by atoms with Crippen LogP contribution in [0, 0.1) is 11.3 Å². The first-order valence-corrected chi connectivity index (χ1v) is 9.79. The fourth-order valence-electron chi connectivity index (χ4n) is 3.15. The Hall–Kier alpha value is -3.63. The third kappa shape index (κ3) is 5.46. The number of amides is 1. The molecule has 1 saturated heterocycles. The summed E-state index contributed by atoms with van der Waals surface area (Å²) in [5.41, 5.74) is 2.83. The van der Waals surface area contributed by atoms with E-state index in [-0.39, 0.29) is 11.4 Å². The van der Waals surface area contributed by atoms with E-state index in [0.29, 0.717) is 11.3 Å². The van der Waals surface area contributed by atoms with E-state index in [1.54, 1.807) is 24.3 Å². The van der Waals surface area contributed by atoms with Crippen LogP contribution in [0.25, 0.3) is 0 Å². The predicted octanol–water partition coefficient (Wildman–Crippen LogP) is 3.10. The zero-order chi connectivity index (χ0) is 21.5. The molecule has 0 unspecified atom stereocenters. The molecule has 7 heteroatoms. The minimum absolute atomic E-state index is 0.0635. The summed E-state index contributed by atoms with van der Waals surface area (Å²) in [7, 11) is 2.12. The third-order valence-corrected chi connectivity index (χ3v) is 5.01. The number of hydrogen-bond donors (Lipinski definition) is 2. The van der Waals surface area contributed by atoms with Crippen LogP contribution in [0.3, 0.4) is 0 Å². The van der Waals surface area contributed by atoms with Gasteiger partial charge in [0.05, 0.1) is 0 Å². The van der Waals surface area contributed by atoms with Gasteiger partial charge in [-0.25, -0.2) is 0 Å². The van der Waals surface area contributed by atoms with Crippen LogP contribution in [-0.4, -0.2) is 49.8 Å². The van der Waals surface area contributed by atoms with Crippen molar-refractivity contribution in [3.8, 4) is 6.07 Å². The Morgan fingerprint density at radius 3 is 2.37 bits per heavy atom. The van der Waals surface area contributed by atoms with Gasteiger partial charge in [0.25, 0.3) is 5.91 Å². The van der Waals surface area contributed by atoms with Gasteiger partial charge in [-0.2, -0.15) is 5.26 Å². The zero-order valence-electron chi connectivity index (χ0n) is 17.2. The second-order valence-electron chi connectivity index (χ2n) is 7.24. The van der Waals surface area contributed by atoms with Crippen LogP contribution in [-0.2, 0) is 4.79 Å². The zero-order valence-corrected chi connectivity index (χ0v) is 17.2. The van der Waals surface area contributed by atoms with Gasteiger partial charge in [-0.3, -0.25) is 9.59 Å². The molecule has 3 rings (SSSR count). The molecule has 0 aliphatic carbocycles. The van der Waals surface area contributed by atoms with Crippen LogP contribution in [0.2, 0.25) is 0 Å². The molecule has 2 N–H and O–H groups in total. The topological polar surface area (TPSA) is 88.5 Å². The van der Waals surface area contributed by atoms with E-state index in [0.717, 1.165) is 37.6 Å². The molecule has 0 atom stereocenters. The number of carbonyl (C=O) groups excluding carboxylic acids is 2. The average molecular weight is 403 g/mol. The Kier molecular flexibility index (Phi) is 6.83. The fourth-order valence-corrected chi connectivity index (χ4v) is 3.15. The molecule has 0 radical (unpaired) electrons. The van der Waals surface area contributed by atoms with Gasteiger partial charge in [-0.05, 0) is 50.4 Å². The first-order chi connectivity index (χ1) is 14.5. The highest BCUT2D eigenvalue weighted by Gasteiger charge is 2.14. The molecule has 2 aromatic carbocycles. The lowest BCUT2D eigenvalue weighted by atomic mass is 10.1. The number of carbonyl (C=O) groups is 2. The van der Waals surface area contributed by atoms with Crippen LogP contribution >= 0.6 is 0 Å². The standard InChI is InChI=1S/C23H25N5O2/c1-17(29)18-4-3-5-21(14-18)26-23(30)19(15-24)16-25-20-6-8-22(9-7-20)28-12-10-27(2)11-13-28/h3-9,14,16,25H,10-13H2,1-2H3,(H,26,30)/b19-16-. The van der Waals surface area contributed by atoms with Crippen LogP contribution < -0.4 is 15.5 Å². The molecule has 1 amide bonds. The van der Waals surface area contributed by atoms with Crippen molar-refractivity contribution in [2.75, 3.05) is 48.8 Å². The summed E-state index contributed by atoms with van der Waals surface area (Å²) in [6, 6.07) is 16.4. The van der Waals surface area contributed by atoms with E-state index in [9.17, 15) is 14.9 Å². The summed E-state index contributed by atoms with van der Waals surface area (Å²) < 4.78 is 0. The number of ketones is 1. The molecule has 7 nitrogen and oxygen atoms in total. The quantitative estimate of drug-likeness (QED) is 0.438. The number of benzene rings is 2. The number of hydrogen-bond acceptors (Lipinski definition) is 6. The predicted molar refractivity (Wildman–Crippen MR) is 119 cm³/mol. The molecule has 0 bridgehead atoms. The van der Waals surface area contributed by atoms with E-state index in [1.165, 1.54) is 13.1 Å². The van der Waals surface area contributed by atoms with Crippen molar-refractivity contribution in [1.29, 1.82) is 5.26 Å². The Morgan fingerprint density at radius 1 is 1.03 bits per heavy atom. The first-order valence-electron chi connectivity index (χ1n) is 9.79. The van der Waals surface area contributed by atoms with Gasteiger partial charge in [0.15, 0.2) is 5.78 Å². The maximum atomic E-state index is 12.4. The van der Waals surface area contributed by atoms with Gasteiger partial charge in [0.2, 0.25) is 0 Å². The molecule has 0 spiro atoms. The van der Waals surface area contributed by atoms with E-state index >= 15 is 0 Å². The maximum Gasteiger partial charge on any atom is 0.267 e. The SMILES string of the molecule is CC(=O)c1cccc(NC(=O)/C(C#N)=C\Nc2ccc(N3CCN(C)CC3)cc2)c1. The number of nitrogens with one attached hydrogen (secondary N) is 2. The van der Waals surface area contributed by atoms with Crippen LogP contribution in [0.15, 0.2) is 60.3 Å². The molecular weight excluding hydrogens is 378 g/mol. The molecule has 2 aromatic rings. The summed E-state index contributed by atoms with van der Waals surface area (Å²) in [5.74, 6) is -0.636. The van der Waals surface area contributed by atoms with Crippen molar-refractivity contribution in [1.82, 2.24) is 4.90 Å². The van der Waals surface area contributed by atoms with Crippen LogP contribution in [0.5, 0.6) is 0 Å². The van der Waals surface area contributed by atoms with Gasteiger partial charge in [-0.15, -0.1) is 0 Å². The Morgan fingerprint density at radius 2 is 1.73 bits per heavy atom. The van der Waals surface area contributed by atoms with Gasteiger partial charge in [-0.1, -0.05) is 12.1 Å². The lowest BCUT2D eigenvalue weighted by Gasteiger charge is -2.34. The molecular formula is C23H25N5O2. The Balaban J connectivity index is 1.62. The van der Waals surface area contributed by atoms with Gasteiger partial charge < -0.3 is 20.4 Å². The number of likely N-dealkylation sites (N-methyl/N-ethyl adjacent to an activating group) is 1. The minimum Gasteiger partial charge on any atom is -0.369 e. The second kappa shape index (κ2) is 9.72. The lowest BCUT2D eigenvalue weighted by molar-refractivity contribution is -0.112. The molecule has 30 heavy (non-hydrogen) atoms. The van der Waals surface area contributed by atoms with E-state index in [4.69, 9.17) is 0 Å². The number of Topliss-reactive ketones (excluding diaryl/α,β-unsaturated/α-hetero) is 1. The Bertz CT molecular complexity index is 983. The molecule has 1 aliphatic rings. The molecule has 1 aliphatic heterocycles. The van der Waals surface area contributed by atoms with Crippen molar-refractivity contribution in [2.24, 2.45) is 0 Å². The first kappa shape index (κ1) is 21.1. The number of nitriles is 1. The minimum atomic E-state index is -0.542. The highest BCUT2D eigenvalue weighted by molar-refractivity contribution is 6.07. The second-order valence-corrected chi connectivity index (χ2v) is 7.24. The Labute approximate surface area is 176 Å². The molecule has 154 valence electrons. The lowest BCUT2D eigenvalue weighted by Crippen LogP contribution is -2.44. The van der Waals surface area contributed by atoms with Crippen molar-refractivity contribution in [2.45, 2.75) is 6.92 Å².